The molecule has 1 heterocycles. The lowest BCUT2D eigenvalue weighted by molar-refractivity contribution is 1.000. The summed E-state index contributed by atoms with van der Waals surface area (Å²) in [5, 5.41) is 3.26. The Kier molecular flexibility index (Phi) is 2.84. The molecule has 2 rings (SSSR count). The molecular weight excluding hydrogens is 242 g/mol. The van der Waals surface area contributed by atoms with Crippen molar-refractivity contribution in [2.75, 3.05) is 5.32 Å². The summed E-state index contributed by atoms with van der Waals surface area (Å²) in [6.45, 7) is 0.712. The first-order valence-electron chi connectivity index (χ1n) is 4.32. The van der Waals surface area contributed by atoms with Gasteiger partial charge in [-0.15, -0.1) is 0 Å². The predicted octanol–water partition coefficient (Wildman–Crippen LogP) is 2.78. The van der Waals surface area contributed by atoms with Crippen LogP contribution in [-0.4, -0.2) is 9.97 Å². The highest BCUT2D eigenvalue weighted by molar-refractivity contribution is 9.10. The molecule has 0 fully saturated rings. The summed E-state index contributed by atoms with van der Waals surface area (Å²) in [4.78, 5) is 7.16. The van der Waals surface area contributed by atoms with Crippen molar-refractivity contribution in [2.45, 2.75) is 6.54 Å². The van der Waals surface area contributed by atoms with Crippen molar-refractivity contribution in [3.05, 3.63) is 47.0 Å². The van der Waals surface area contributed by atoms with E-state index in [0.717, 1.165) is 16.0 Å². The number of H-pyrrole nitrogens is 1. The first-order valence-corrected chi connectivity index (χ1v) is 5.11. The van der Waals surface area contributed by atoms with E-state index in [4.69, 9.17) is 0 Å². The topological polar surface area (TPSA) is 40.7 Å². The molecule has 0 amide bonds. The molecular formula is C10H10BrN3. The van der Waals surface area contributed by atoms with Crippen molar-refractivity contribution in [1.82, 2.24) is 9.97 Å². The second kappa shape index (κ2) is 4.28. The van der Waals surface area contributed by atoms with Gasteiger partial charge < -0.3 is 10.3 Å². The first-order chi connectivity index (χ1) is 6.84. The third-order valence-electron chi connectivity index (χ3n) is 1.84. The van der Waals surface area contributed by atoms with Gasteiger partial charge in [0.1, 0.15) is 5.82 Å². The fraction of sp³-hybridized carbons (Fsp3) is 0.100. The van der Waals surface area contributed by atoms with Gasteiger partial charge in [-0.3, -0.25) is 0 Å². The van der Waals surface area contributed by atoms with Crippen LogP contribution in [0.1, 0.15) is 5.82 Å². The first kappa shape index (κ1) is 9.27. The fourth-order valence-corrected chi connectivity index (χ4v) is 1.58. The van der Waals surface area contributed by atoms with Gasteiger partial charge in [0.2, 0.25) is 0 Å². The Balaban J connectivity index is 1.98. The van der Waals surface area contributed by atoms with E-state index in [2.05, 4.69) is 31.2 Å². The lowest BCUT2D eigenvalue weighted by Crippen LogP contribution is -2.00. The highest BCUT2D eigenvalue weighted by atomic mass is 79.9. The molecule has 0 saturated carbocycles. The zero-order chi connectivity index (χ0) is 9.80. The lowest BCUT2D eigenvalue weighted by atomic mass is 10.3. The molecule has 0 saturated heterocycles. The molecule has 0 atom stereocenters. The maximum atomic E-state index is 4.12. The molecule has 0 aliphatic rings. The number of nitrogens with zero attached hydrogens (tertiary/aromatic N) is 1. The third kappa shape index (κ3) is 2.35. The smallest absolute Gasteiger partial charge is 0.125 e. The molecule has 0 spiro atoms. The Bertz CT molecular complexity index is 398. The monoisotopic (exact) mass is 251 g/mol. The van der Waals surface area contributed by atoms with Gasteiger partial charge in [0.25, 0.3) is 0 Å². The number of hydrogen-bond donors (Lipinski definition) is 2. The van der Waals surface area contributed by atoms with Gasteiger partial charge in [-0.25, -0.2) is 4.98 Å². The number of imidazole rings is 1. The quantitative estimate of drug-likeness (QED) is 0.881. The van der Waals surface area contributed by atoms with Crippen molar-refractivity contribution < 1.29 is 0 Å². The molecule has 3 nitrogen and oxygen atoms in total. The van der Waals surface area contributed by atoms with E-state index in [1.807, 2.05) is 30.5 Å². The van der Waals surface area contributed by atoms with E-state index in [-0.39, 0.29) is 0 Å². The highest BCUT2D eigenvalue weighted by Crippen LogP contribution is 2.15. The summed E-state index contributed by atoms with van der Waals surface area (Å²) in [6, 6.07) is 8.04. The Morgan fingerprint density at radius 2 is 2.36 bits per heavy atom. The summed E-state index contributed by atoms with van der Waals surface area (Å²) in [7, 11) is 0. The predicted molar refractivity (Wildman–Crippen MR) is 60.1 cm³/mol. The number of rotatable bonds is 3. The molecule has 4 heteroatoms. The number of benzene rings is 1. The van der Waals surface area contributed by atoms with E-state index >= 15 is 0 Å². The van der Waals surface area contributed by atoms with Crippen molar-refractivity contribution in [3.63, 3.8) is 0 Å². The molecule has 1 aromatic heterocycles. The van der Waals surface area contributed by atoms with Gasteiger partial charge in [0, 0.05) is 22.6 Å². The second-order valence-corrected chi connectivity index (χ2v) is 3.82. The van der Waals surface area contributed by atoms with Crippen LogP contribution in [0.15, 0.2) is 41.1 Å². The van der Waals surface area contributed by atoms with Gasteiger partial charge in [0.05, 0.1) is 6.54 Å². The standard InChI is InChI=1S/C10H10BrN3/c11-8-2-1-3-9(6-8)14-7-10-12-4-5-13-10/h1-6,14H,7H2,(H,12,13). The van der Waals surface area contributed by atoms with Crippen molar-refractivity contribution in [3.8, 4) is 0 Å². The molecule has 2 N–H and O–H groups in total. The van der Waals surface area contributed by atoms with Gasteiger partial charge in [0.15, 0.2) is 0 Å². The number of aromatic amines is 1. The number of hydrogen-bond acceptors (Lipinski definition) is 2. The van der Waals surface area contributed by atoms with Crippen LogP contribution in [0.25, 0.3) is 0 Å². The van der Waals surface area contributed by atoms with E-state index in [0.29, 0.717) is 6.54 Å². The molecule has 0 unspecified atom stereocenters. The Hall–Kier alpha value is -1.29. The Labute approximate surface area is 90.7 Å². The van der Waals surface area contributed by atoms with Crippen LogP contribution in [0, 0.1) is 0 Å². The molecule has 72 valence electrons. The summed E-state index contributed by atoms with van der Waals surface area (Å²) < 4.78 is 1.07. The zero-order valence-electron chi connectivity index (χ0n) is 7.50. The van der Waals surface area contributed by atoms with E-state index < -0.39 is 0 Å². The van der Waals surface area contributed by atoms with Crippen LogP contribution in [0.2, 0.25) is 0 Å². The van der Waals surface area contributed by atoms with Crippen LogP contribution in [0.3, 0.4) is 0 Å². The maximum absolute atomic E-state index is 4.12. The van der Waals surface area contributed by atoms with E-state index in [1.165, 1.54) is 0 Å². The van der Waals surface area contributed by atoms with Gasteiger partial charge in [-0.05, 0) is 18.2 Å². The van der Waals surface area contributed by atoms with Gasteiger partial charge in [-0.2, -0.15) is 0 Å². The number of halogens is 1. The normalized spacial score (nSPS) is 10.1. The maximum Gasteiger partial charge on any atom is 0.125 e. The second-order valence-electron chi connectivity index (χ2n) is 2.90. The van der Waals surface area contributed by atoms with Crippen LogP contribution in [0.5, 0.6) is 0 Å². The summed E-state index contributed by atoms with van der Waals surface area (Å²) >= 11 is 3.42. The van der Waals surface area contributed by atoms with Crippen LogP contribution in [0.4, 0.5) is 5.69 Å². The average Bonchev–Trinajstić information content (AvgIpc) is 2.67. The Morgan fingerprint density at radius 3 is 3.07 bits per heavy atom. The molecule has 2 aromatic rings. The number of aromatic nitrogens is 2. The third-order valence-corrected chi connectivity index (χ3v) is 2.33. The average molecular weight is 252 g/mol. The number of nitrogens with one attached hydrogen (secondary N) is 2. The van der Waals surface area contributed by atoms with Crippen molar-refractivity contribution in [2.24, 2.45) is 0 Å². The summed E-state index contributed by atoms with van der Waals surface area (Å²) in [6.07, 6.45) is 3.57. The largest absolute Gasteiger partial charge is 0.378 e. The minimum Gasteiger partial charge on any atom is -0.378 e. The van der Waals surface area contributed by atoms with Crippen LogP contribution in [-0.2, 0) is 6.54 Å². The van der Waals surface area contributed by atoms with Gasteiger partial charge in [-0.1, -0.05) is 22.0 Å². The molecule has 14 heavy (non-hydrogen) atoms. The summed E-state index contributed by atoms with van der Waals surface area (Å²) in [5.41, 5.74) is 1.08. The molecule has 0 aliphatic carbocycles. The molecule has 0 radical (unpaired) electrons. The zero-order valence-corrected chi connectivity index (χ0v) is 9.08. The number of anilines is 1. The van der Waals surface area contributed by atoms with Crippen LogP contribution < -0.4 is 5.32 Å². The van der Waals surface area contributed by atoms with Crippen molar-refractivity contribution in [1.29, 1.82) is 0 Å². The van der Waals surface area contributed by atoms with Crippen molar-refractivity contribution >= 4 is 21.6 Å². The molecule has 0 aliphatic heterocycles. The SMILES string of the molecule is Brc1cccc(NCc2ncc[nH]2)c1. The lowest BCUT2D eigenvalue weighted by Gasteiger charge is -2.04. The fourth-order valence-electron chi connectivity index (χ4n) is 1.18. The van der Waals surface area contributed by atoms with E-state index in [9.17, 15) is 0 Å². The minimum atomic E-state index is 0.712. The summed E-state index contributed by atoms with van der Waals surface area (Å²) in [5.74, 6) is 0.935. The molecule has 0 bridgehead atoms. The van der Waals surface area contributed by atoms with E-state index in [1.54, 1.807) is 6.20 Å². The molecule has 1 aromatic carbocycles. The van der Waals surface area contributed by atoms with Crippen LogP contribution >= 0.6 is 15.9 Å². The Morgan fingerprint density at radius 1 is 1.43 bits per heavy atom. The van der Waals surface area contributed by atoms with Gasteiger partial charge >= 0.3 is 0 Å². The highest BCUT2D eigenvalue weighted by Gasteiger charge is 1.95. The minimum absolute atomic E-state index is 0.712.